The van der Waals surface area contributed by atoms with Crippen molar-refractivity contribution < 1.29 is 29.0 Å². The van der Waals surface area contributed by atoms with E-state index in [1.165, 1.54) is 7.11 Å². The lowest BCUT2D eigenvalue weighted by atomic mass is 9.85. The van der Waals surface area contributed by atoms with E-state index in [0.717, 1.165) is 30.6 Å². The highest BCUT2D eigenvalue weighted by atomic mass is 35.5. The van der Waals surface area contributed by atoms with Crippen LogP contribution in [0.15, 0.2) is 29.6 Å². The first kappa shape index (κ1) is 22.3. The molecule has 0 saturated heterocycles. The molecule has 2 aromatic rings. The molecule has 1 saturated carbocycles. The summed E-state index contributed by atoms with van der Waals surface area (Å²) in [4.78, 5) is 36.9. The lowest BCUT2D eigenvalue weighted by Gasteiger charge is -2.29. The van der Waals surface area contributed by atoms with E-state index in [2.05, 4.69) is 5.32 Å². The Morgan fingerprint density at radius 1 is 1.17 bits per heavy atom. The van der Waals surface area contributed by atoms with Gasteiger partial charge in [0.25, 0.3) is 5.91 Å². The summed E-state index contributed by atoms with van der Waals surface area (Å²) in [5.41, 5.74) is -0.208. The van der Waals surface area contributed by atoms with Crippen molar-refractivity contribution in [3.05, 3.63) is 40.2 Å². The van der Waals surface area contributed by atoms with E-state index >= 15 is 0 Å². The van der Waals surface area contributed by atoms with Gasteiger partial charge < -0.3 is 19.9 Å². The lowest BCUT2D eigenvalue weighted by Crippen LogP contribution is -2.42. The molecule has 1 aliphatic carbocycles. The van der Waals surface area contributed by atoms with Crippen LogP contribution < -0.4 is 5.32 Å². The van der Waals surface area contributed by atoms with Crippen molar-refractivity contribution in [2.75, 3.05) is 19.0 Å². The van der Waals surface area contributed by atoms with E-state index in [0.29, 0.717) is 29.0 Å². The van der Waals surface area contributed by atoms with Gasteiger partial charge in [0, 0.05) is 21.5 Å². The van der Waals surface area contributed by atoms with Crippen molar-refractivity contribution >= 4 is 45.8 Å². The summed E-state index contributed by atoms with van der Waals surface area (Å²) < 4.78 is 9.89. The van der Waals surface area contributed by atoms with Crippen LogP contribution in [0.2, 0.25) is 5.02 Å². The van der Waals surface area contributed by atoms with E-state index in [-0.39, 0.29) is 10.6 Å². The number of hydrogen-bond acceptors (Lipinski definition) is 7. The van der Waals surface area contributed by atoms with E-state index < -0.39 is 30.1 Å². The molecule has 2 N–H and O–H groups in total. The third kappa shape index (κ3) is 4.83. The molecule has 1 amide bonds. The van der Waals surface area contributed by atoms with Crippen LogP contribution >= 0.6 is 22.9 Å². The zero-order valence-electron chi connectivity index (χ0n) is 16.4. The van der Waals surface area contributed by atoms with Crippen LogP contribution in [0.5, 0.6) is 0 Å². The lowest BCUT2D eigenvalue weighted by molar-refractivity contribution is -0.170. The summed E-state index contributed by atoms with van der Waals surface area (Å²) in [6.45, 7) is -0.568. The highest BCUT2D eigenvalue weighted by molar-refractivity contribution is 7.15. The first-order valence-electron chi connectivity index (χ1n) is 9.50. The van der Waals surface area contributed by atoms with Gasteiger partial charge in [0.15, 0.2) is 12.2 Å². The number of benzene rings is 1. The fraction of sp³-hybridized carbons (Fsp3) is 0.381. The Hall–Kier alpha value is -2.42. The van der Waals surface area contributed by atoms with E-state index in [1.54, 1.807) is 29.6 Å². The van der Waals surface area contributed by atoms with Crippen LogP contribution in [0.3, 0.4) is 0 Å². The summed E-state index contributed by atoms with van der Waals surface area (Å²) in [5, 5.41) is 15.4. The zero-order valence-corrected chi connectivity index (χ0v) is 18.0. The Labute approximate surface area is 182 Å². The summed E-state index contributed by atoms with van der Waals surface area (Å²) >= 11 is 7.38. The minimum Gasteiger partial charge on any atom is -0.465 e. The van der Waals surface area contributed by atoms with Crippen molar-refractivity contribution in [3.63, 3.8) is 0 Å². The average molecular weight is 452 g/mol. The van der Waals surface area contributed by atoms with Gasteiger partial charge >= 0.3 is 11.9 Å². The molecule has 1 fully saturated rings. The fourth-order valence-electron chi connectivity index (χ4n) is 3.40. The van der Waals surface area contributed by atoms with Crippen LogP contribution in [0.4, 0.5) is 5.00 Å². The monoisotopic (exact) mass is 451 g/mol. The maximum Gasteiger partial charge on any atom is 0.341 e. The third-order valence-electron chi connectivity index (χ3n) is 4.99. The molecule has 0 unspecified atom stereocenters. The molecule has 0 spiro atoms. The fourth-order valence-corrected chi connectivity index (χ4v) is 4.60. The minimum absolute atomic E-state index is 0.168. The zero-order chi connectivity index (χ0) is 21.7. The number of hydrogen-bond donors (Lipinski definition) is 2. The van der Waals surface area contributed by atoms with Gasteiger partial charge in [0.1, 0.15) is 10.6 Å². The van der Waals surface area contributed by atoms with Gasteiger partial charge in [-0.15, -0.1) is 11.3 Å². The smallest absolute Gasteiger partial charge is 0.341 e. The number of rotatable bonds is 6. The van der Waals surface area contributed by atoms with E-state index in [1.807, 2.05) is 0 Å². The highest BCUT2D eigenvalue weighted by Gasteiger charge is 2.39. The van der Waals surface area contributed by atoms with Crippen LogP contribution in [0.1, 0.15) is 42.5 Å². The second-order valence-corrected chi connectivity index (χ2v) is 8.33. The molecule has 7 nitrogen and oxygen atoms in total. The molecular formula is C21H22ClNO6S. The quantitative estimate of drug-likeness (QED) is 0.643. The Morgan fingerprint density at radius 2 is 1.87 bits per heavy atom. The Bertz CT molecular complexity index is 951. The number of anilines is 1. The predicted octanol–water partition coefficient (Wildman–Crippen LogP) is 4.03. The Kier molecular flexibility index (Phi) is 7.12. The molecule has 1 aromatic heterocycles. The molecule has 1 aliphatic rings. The molecule has 0 atom stereocenters. The Morgan fingerprint density at radius 3 is 2.53 bits per heavy atom. The minimum atomic E-state index is -1.53. The first-order chi connectivity index (χ1) is 14.4. The number of halogens is 1. The summed E-state index contributed by atoms with van der Waals surface area (Å²) in [6, 6.07) is 7.01. The summed E-state index contributed by atoms with van der Waals surface area (Å²) in [5.74, 6) is -2.05. The summed E-state index contributed by atoms with van der Waals surface area (Å²) in [6.07, 6.45) is 3.08. The normalized spacial score (nSPS) is 15.3. The van der Waals surface area contributed by atoms with Crippen LogP contribution in [0, 0.1) is 0 Å². The average Bonchev–Trinajstić information content (AvgIpc) is 3.15. The van der Waals surface area contributed by atoms with Crippen LogP contribution in [0.25, 0.3) is 11.1 Å². The standard InChI is InChI=1S/C21H22ClNO6S/c1-28-19(25)17-14(13-7-3-4-8-15(13)22)12-30-18(17)23-16(24)11-29-20(26)21(27)9-5-2-6-10-21/h3-4,7-8,12,27H,2,5-6,9-11H2,1H3,(H,23,24). The molecule has 160 valence electrons. The third-order valence-corrected chi connectivity index (χ3v) is 6.22. The highest BCUT2D eigenvalue weighted by Crippen LogP contribution is 2.39. The predicted molar refractivity (Wildman–Crippen MR) is 114 cm³/mol. The SMILES string of the molecule is COC(=O)c1c(-c2ccccc2Cl)csc1NC(=O)COC(=O)C1(O)CCCCC1. The number of carbonyl (C=O) groups excluding carboxylic acids is 3. The number of ether oxygens (including phenoxy) is 2. The number of carbonyl (C=O) groups is 3. The van der Waals surface area contributed by atoms with Crippen molar-refractivity contribution in [2.45, 2.75) is 37.7 Å². The van der Waals surface area contributed by atoms with Gasteiger partial charge in [-0.2, -0.15) is 0 Å². The van der Waals surface area contributed by atoms with Gasteiger partial charge in [-0.25, -0.2) is 9.59 Å². The molecule has 9 heteroatoms. The number of amides is 1. The molecule has 0 aliphatic heterocycles. The number of esters is 2. The topological polar surface area (TPSA) is 102 Å². The van der Waals surface area contributed by atoms with Gasteiger partial charge in [0.2, 0.25) is 0 Å². The first-order valence-corrected chi connectivity index (χ1v) is 10.8. The van der Waals surface area contributed by atoms with E-state index in [4.69, 9.17) is 21.1 Å². The van der Waals surface area contributed by atoms with Gasteiger partial charge in [-0.1, -0.05) is 36.2 Å². The molecule has 3 rings (SSSR count). The van der Waals surface area contributed by atoms with Gasteiger partial charge in [-0.05, 0) is 31.7 Å². The van der Waals surface area contributed by atoms with Crippen LogP contribution in [-0.4, -0.2) is 42.3 Å². The number of thiophene rings is 1. The molecule has 1 aromatic carbocycles. The molecular weight excluding hydrogens is 430 g/mol. The van der Waals surface area contributed by atoms with Crippen molar-refractivity contribution in [1.29, 1.82) is 0 Å². The van der Waals surface area contributed by atoms with Crippen molar-refractivity contribution in [2.24, 2.45) is 0 Å². The largest absolute Gasteiger partial charge is 0.465 e. The van der Waals surface area contributed by atoms with Crippen molar-refractivity contribution in [3.8, 4) is 11.1 Å². The summed E-state index contributed by atoms with van der Waals surface area (Å²) in [7, 11) is 1.24. The van der Waals surface area contributed by atoms with Crippen LogP contribution in [-0.2, 0) is 19.1 Å². The van der Waals surface area contributed by atoms with Gasteiger partial charge in [-0.3, -0.25) is 4.79 Å². The number of nitrogens with one attached hydrogen (secondary N) is 1. The Balaban J connectivity index is 1.73. The molecule has 30 heavy (non-hydrogen) atoms. The maximum atomic E-state index is 12.4. The molecule has 0 radical (unpaired) electrons. The maximum absolute atomic E-state index is 12.4. The second kappa shape index (κ2) is 9.59. The number of aliphatic hydroxyl groups is 1. The number of methoxy groups -OCH3 is 1. The molecule has 1 heterocycles. The van der Waals surface area contributed by atoms with E-state index in [9.17, 15) is 19.5 Å². The van der Waals surface area contributed by atoms with Crippen molar-refractivity contribution in [1.82, 2.24) is 0 Å². The van der Waals surface area contributed by atoms with Gasteiger partial charge in [0.05, 0.1) is 7.11 Å². The second-order valence-electron chi connectivity index (χ2n) is 7.04. The molecule has 0 bridgehead atoms.